The molecule has 0 unspecified atom stereocenters. The number of nitrogens with zero attached hydrogens (tertiary/aromatic N) is 4. The van der Waals surface area contributed by atoms with Crippen LogP contribution in [0, 0.1) is 0 Å². The fourth-order valence-corrected chi connectivity index (χ4v) is 9.28. The van der Waals surface area contributed by atoms with Gasteiger partial charge >= 0.3 is 0 Å². The van der Waals surface area contributed by atoms with Crippen LogP contribution in [0.25, 0.3) is 121 Å². The molecule has 8 aromatic carbocycles. The van der Waals surface area contributed by atoms with Crippen molar-refractivity contribution in [1.82, 2.24) is 18.9 Å². The Labute approximate surface area is 313 Å². The second-order valence-corrected chi connectivity index (χ2v) is 14.6. The van der Waals surface area contributed by atoms with Gasteiger partial charge in [0.2, 0.25) is 11.7 Å². The summed E-state index contributed by atoms with van der Waals surface area (Å²) in [4.78, 5) is 10.8. The molecule has 0 atom stereocenters. The maximum atomic E-state index is 6.58. The lowest BCUT2D eigenvalue weighted by molar-refractivity contribution is 0.651. The molecule has 0 amide bonds. The Morgan fingerprint density at radius 2 is 1.09 bits per heavy atom. The molecular weight excluding hydrogens is 673 g/mol. The highest BCUT2D eigenvalue weighted by molar-refractivity contribution is 6.34. The molecule has 0 radical (unpaired) electrons. The second-order valence-electron chi connectivity index (χ2n) is 14.6. The van der Waals surface area contributed by atoms with E-state index in [0.29, 0.717) is 11.7 Å². The topological polar surface area (TPSA) is 48.3 Å². The predicted octanol–water partition coefficient (Wildman–Crippen LogP) is 13.1. The van der Waals surface area contributed by atoms with Gasteiger partial charge in [-0.3, -0.25) is 4.57 Å². The van der Waals surface area contributed by atoms with Gasteiger partial charge in [-0.1, -0.05) is 133 Å². The number of aromatic nitrogens is 4. The zero-order valence-electron chi connectivity index (χ0n) is 29.4. The van der Waals surface area contributed by atoms with Crippen molar-refractivity contribution in [3.63, 3.8) is 0 Å². The minimum absolute atomic E-state index is 0.570. The van der Waals surface area contributed by atoms with Crippen LogP contribution in [0.4, 0.5) is 0 Å². The van der Waals surface area contributed by atoms with Crippen molar-refractivity contribution in [3.05, 3.63) is 170 Å². The SMILES string of the molecule is c1ccc(-c2ccc3c4cc5c6ccccc6n(-c6nc(-c7ccc8ccccc8c7)c7c(n6)oc6ccccc67)c5c5c6ccccc6n(c3c2)c45)cc1. The Morgan fingerprint density at radius 1 is 0.400 bits per heavy atom. The van der Waals surface area contributed by atoms with Gasteiger partial charge in [-0.25, -0.2) is 4.98 Å². The number of para-hydroxylation sites is 3. The average Bonchev–Trinajstić information content (AvgIpc) is 3.98. The van der Waals surface area contributed by atoms with E-state index in [1.807, 2.05) is 12.1 Å². The summed E-state index contributed by atoms with van der Waals surface area (Å²) < 4.78 is 11.3. The number of hydrogen-bond acceptors (Lipinski definition) is 3. The van der Waals surface area contributed by atoms with Gasteiger partial charge in [0.15, 0.2) is 0 Å². The van der Waals surface area contributed by atoms with E-state index in [2.05, 4.69) is 167 Å². The van der Waals surface area contributed by atoms with E-state index < -0.39 is 0 Å². The summed E-state index contributed by atoms with van der Waals surface area (Å²) >= 11 is 0. The van der Waals surface area contributed by atoms with Crippen LogP contribution in [-0.4, -0.2) is 18.9 Å². The zero-order chi connectivity index (χ0) is 35.8. The lowest BCUT2D eigenvalue weighted by Crippen LogP contribution is -2.03. The monoisotopic (exact) mass is 700 g/mol. The second kappa shape index (κ2) is 10.6. The molecular formula is C50H28N4O. The van der Waals surface area contributed by atoms with Crippen molar-refractivity contribution in [2.75, 3.05) is 0 Å². The molecule has 0 saturated carbocycles. The molecule has 13 aromatic rings. The van der Waals surface area contributed by atoms with Crippen LogP contribution in [0.2, 0.25) is 0 Å². The lowest BCUT2D eigenvalue weighted by atomic mass is 10.0. The number of furan rings is 1. The predicted molar refractivity (Wildman–Crippen MR) is 227 cm³/mol. The summed E-state index contributed by atoms with van der Waals surface area (Å²) in [7, 11) is 0. The largest absolute Gasteiger partial charge is 0.437 e. The summed E-state index contributed by atoms with van der Waals surface area (Å²) in [5, 5.41) is 11.5. The molecule has 0 aliphatic heterocycles. The Hall–Kier alpha value is -7.50. The highest BCUT2D eigenvalue weighted by atomic mass is 16.3. The lowest BCUT2D eigenvalue weighted by Gasteiger charge is -2.11. The first-order valence-corrected chi connectivity index (χ1v) is 18.7. The third kappa shape index (κ3) is 3.86. The maximum absolute atomic E-state index is 6.58. The minimum Gasteiger partial charge on any atom is -0.437 e. The van der Waals surface area contributed by atoms with E-state index in [1.165, 1.54) is 60.0 Å². The summed E-state index contributed by atoms with van der Waals surface area (Å²) in [5.41, 5.74) is 11.4. The van der Waals surface area contributed by atoms with E-state index in [0.717, 1.165) is 49.4 Å². The van der Waals surface area contributed by atoms with Gasteiger partial charge in [-0.15, -0.1) is 0 Å². The van der Waals surface area contributed by atoms with Gasteiger partial charge in [0.1, 0.15) is 5.58 Å². The van der Waals surface area contributed by atoms with E-state index in [9.17, 15) is 0 Å². The smallest absolute Gasteiger partial charge is 0.238 e. The molecule has 0 aliphatic rings. The molecule has 55 heavy (non-hydrogen) atoms. The standard InChI is InChI=1S/C50H28N4O/c1-2-12-29(13-3-1)32-24-25-35-39-28-38-34-16-6-9-19-40(34)54(48(38)45-36-17-7-10-20-41(36)53(47(39)45)42(35)27-32)50-51-46(33-23-22-30-14-4-5-15-31(30)26-33)44-37-18-8-11-21-43(37)55-49(44)52-50/h1-28H. The molecule has 0 bridgehead atoms. The van der Waals surface area contributed by atoms with E-state index in [1.54, 1.807) is 0 Å². The fourth-order valence-electron chi connectivity index (χ4n) is 9.28. The highest BCUT2D eigenvalue weighted by Gasteiger charge is 2.26. The normalized spacial score (nSPS) is 12.4. The van der Waals surface area contributed by atoms with Crippen LogP contribution in [0.15, 0.2) is 174 Å². The summed E-state index contributed by atoms with van der Waals surface area (Å²) in [6.07, 6.45) is 0. The first-order chi connectivity index (χ1) is 27.3. The van der Waals surface area contributed by atoms with Gasteiger partial charge in [-0.05, 0) is 58.3 Å². The number of fused-ring (bicyclic) bond motifs is 14. The van der Waals surface area contributed by atoms with Crippen molar-refractivity contribution in [2.45, 2.75) is 0 Å². The fraction of sp³-hybridized carbons (Fsp3) is 0. The van der Waals surface area contributed by atoms with Crippen molar-refractivity contribution in [2.24, 2.45) is 0 Å². The van der Waals surface area contributed by atoms with Crippen molar-refractivity contribution in [3.8, 4) is 28.3 Å². The Morgan fingerprint density at radius 3 is 1.98 bits per heavy atom. The van der Waals surface area contributed by atoms with Gasteiger partial charge in [-0.2, -0.15) is 4.98 Å². The average molecular weight is 701 g/mol. The summed E-state index contributed by atoms with van der Waals surface area (Å²) in [6, 6.07) is 60.6. The number of rotatable bonds is 3. The molecule has 0 saturated heterocycles. The molecule has 5 heterocycles. The molecule has 0 aliphatic carbocycles. The highest BCUT2D eigenvalue weighted by Crippen LogP contribution is 2.47. The third-order valence-corrected chi connectivity index (χ3v) is 11.7. The molecule has 5 aromatic heterocycles. The Bertz CT molecular complexity index is 3720. The van der Waals surface area contributed by atoms with Gasteiger partial charge < -0.3 is 8.82 Å². The summed E-state index contributed by atoms with van der Waals surface area (Å²) in [5.74, 6) is 0.579. The van der Waals surface area contributed by atoms with Gasteiger partial charge in [0, 0.05) is 43.3 Å². The van der Waals surface area contributed by atoms with E-state index >= 15 is 0 Å². The van der Waals surface area contributed by atoms with Crippen molar-refractivity contribution >= 4 is 92.7 Å². The van der Waals surface area contributed by atoms with E-state index in [-0.39, 0.29) is 0 Å². The van der Waals surface area contributed by atoms with Crippen LogP contribution in [-0.2, 0) is 0 Å². The van der Waals surface area contributed by atoms with Crippen LogP contribution in [0.1, 0.15) is 0 Å². The third-order valence-electron chi connectivity index (χ3n) is 11.7. The first-order valence-electron chi connectivity index (χ1n) is 18.7. The molecule has 0 spiro atoms. The van der Waals surface area contributed by atoms with Crippen LogP contribution >= 0.6 is 0 Å². The van der Waals surface area contributed by atoms with Gasteiger partial charge in [0.05, 0.1) is 38.7 Å². The van der Waals surface area contributed by atoms with E-state index in [4.69, 9.17) is 14.4 Å². The van der Waals surface area contributed by atoms with Crippen LogP contribution in [0.5, 0.6) is 0 Å². The van der Waals surface area contributed by atoms with Gasteiger partial charge in [0.25, 0.3) is 0 Å². The molecule has 5 nitrogen and oxygen atoms in total. The molecule has 254 valence electrons. The molecule has 0 N–H and O–H groups in total. The molecule has 0 fully saturated rings. The van der Waals surface area contributed by atoms with Crippen LogP contribution in [0.3, 0.4) is 0 Å². The first kappa shape index (κ1) is 29.0. The number of benzene rings is 8. The molecule has 13 rings (SSSR count). The van der Waals surface area contributed by atoms with Crippen molar-refractivity contribution in [1.29, 1.82) is 0 Å². The van der Waals surface area contributed by atoms with Crippen molar-refractivity contribution < 1.29 is 4.42 Å². The Kier molecular flexibility index (Phi) is 5.57. The van der Waals surface area contributed by atoms with Crippen LogP contribution < -0.4 is 0 Å². The quantitative estimate of drug-likeness (QED) is 0.184. The minimum atomic E-state index is 0.570. The number of hydrogen-bond donors (Lipinski definition) is 0. The zero-order valence-corrected chi connectivity index (χ0v) is 29.4. The molecule has 5 heteroatoms. The Balaban J connectivity index is 1.20. The summed E-state index contributed by atoms with van der Waals surface area (Å²) in [6.45, 7) is 0. The maximum Gasteiger partial charge on any atom is 0.238 e.